The summed E-state index contributed by atoms with van der Waals surface area (Å²) in [5.41, 5.74) is 1.19. The molecule has 1 aliphatic rings. The molecule has 0 aliphatic carbocycles. The van der Waals surface area contributed by atoms with Crippen LogP contribution in [0.5, 0.6) is 11.5 Å². The Morgan fingerprint density at radius 3 is 2.70 bits per heavy atom. The van der Waals surface area contributed by atoms with Gasteiger partial charge in [-0.05, 0) is 30.7 Å². The van der Waals surface area contributed by atoms with E-state index >= 15 is 0 Å². The lowest BCUT2D eigenvalue weighted by molar-refractivity contribution is 0.139. The number of hydrogen-bond acceptors (Lipinski definition) is 4. The molecular formula is C15H22BrNO3. The van der Waals surface area contributed by atoms with E-state index in [0.29, 0.717) is 19.8 Å². The maximum atomic E-state index is 5.71. The van der Waals surface area contributed by atoms with E-state index in [-0.39, 0.29) is 0 Å². The van der Waals surface area contributed by atoms with Gasteiger partial charge in [-0.25, -0.2) is 0 Å². The summed E-state index contributed by atoms with van der Waals surface area (Å²) in [6, 6.07) is 4.05. The quantitative estimate of drug-likeness (QED) is 0.772. The molecule has 0 saturated heterocycles. The third kappa shape index (κ3) is 4.65. The largest absolute Gasteiger partial charge is 0.490 e. The molecule has 1 heterocycles. The van der Waals surface area contributed by atoms with Gasteiger partial charge < -0.3 is 19.5 Å². The van der Waals surface area contributed by atoms with Crippen molar-refractivity contribution in [3.05, 3.63) is 22.2 Å². The third-order valence-electron chi connectivity index (χ3n) is 3.11. The molecule has 0 radical (unpaired) electrons. The van der Waals surface area contributed by atoms with Crippen LogP contribution < -0.4 is 14.8 Å². The predicted octanol–water partition coefficient (Wildman–Crippen LogP) is 2.78. The number of halogens is 1. The molecule has 4 nitrogen and oxygen atoms in total. The molecule has 0 aromatic heterocycles. The molecule has 0 amide bonds. The van der Waals surface area contributed by atoms with E-state index in [1.165, 1.54) is 5.56 Å². The van der Waals surface area contributed by atoms with Crippen molar-refractivity contribution in [2.45, 2.75) is 19.8 Å². The number of likely N-dealkylation sites (N-methyl/N-ethyl adjacent to an activating group) is 1. The first kappa shape index (κ1) is 15.6. The summed E-state index contributed by atoms with van der Waals surface area (Å²) in [5.74, 6) is 1.67. The Hall–Kier alpha value is -0.780. The van der Waals surface area contributed by atoms with Crippen molar-refractivity contribution >= 4 is 15.9 Å². The molecular weight excluding hydrogens is 322 g/mol. The van der Waals surface area contributed by atoms with Gasteiger partial charge in [-0.2, -0.15) is 0 Å². The average molecular weight is 344 g/mol. The molecule has 20 heavy (non-hydrogen) atoms. The average Bonchev–Trinajstić information content (AvgIpc) is 2.67. The summed E-state index contributed by atoms with van der Waals surface area (Å²) in [6.07, 6.45) is 1.79. The molecule has 0 saturated carbocycles. The van der Waals surface area contributed by atoms with Gasteiger partial charge in [0, 0.05) is 17.4 Å². The lowest BCUT2D eigenvalue weighted by Gasteiger charge is -2.12. The fourth-order valence-electron chi connectivity index (χ4n) is 2.02. The second-order valence-corrected chi connectivity index (χ2v) is 5.51. The first-order valence-electron chi connectivity index (χ1n) is 7.17. The highest BCUT2D eigenvalue weighted by Gasteiger charge is 2.13. The normalized spacial score (nSPS) is 14.1. The van der Waals surface area contributed by atoms with Crippen LogP contribution in [0.25, 0.3) is 0 Å². The monoisotopic (exact) mass is 343 g/mol. The van der Waals surface area contributed by atoms with Gasteiger partial charge in [-0.1, -0.05) is 22.9 Å². The second kappa shape index (κ2) is 8.49. The SMILES string of the molecule is CCNCCOCCc1cc2c(cc1Br)OCCCO2. The number of ether oxygens (including phenoxy) is 3. The van der Waals surface area contributed by atoms with Crippen LogP contribution in [0.3, 0.4) is 0 Å². The summed E-state index contributed by atoms with van der Waals surface area (Å²) in [7, 11) is 0. The molecule has 0 spiro atoms. The van der Waals surface area contributed by atoms with Crippen LogP contribution in [0.1, 0.15) is 18.9 Å². The minimum atomic E-state index is 0.712. The summed E-state index contributed by atoms with van der Waals surface area (Å²) < 4.78 is 18.0. The van der Waals surface area contributed by atoms with Crippen molar-refractivity contribution in [2.24, 2.45) is 0 Å². The van der Waals surface area contributed by atoms with Crippen molar-refractivity contribution in [1.29, 1.82) is 0 Å². The minimum absolute atomic E-state index is 0.712. The number of rotatable bonds is 7. The fraction of sp³-hybridized carbons (Fsp3) is 0.600. The molecule has 1 aromatic carbocycles. The number of fused-ring (bicyclic) bond motifs is 1. The topological polar surface area (TPSA) is 39.7 Å². The smallest absolute Gasteiger partial charge is 0.162 e. The van der Waals surface area contributed by atoms with Crippen molar-refractivity contribution < 1.29 is 14.2 Å². The Morgan fingerprint density at radius 2 is 1.95 bits per heavy atom. The fourth-order valence-corrected chi connectivity index (χ4v) is 2.54. The molecule has 1 N–H and O–H groups in total. The van der Waals surface area contributed by atoms with Gasteiger partial charge in [0.15, 0.2) is 11.5 Å². The molecule has 112 valence electrons. The van der Waals surface area contributed by atoms with Crippen LogP contribution in [-0.2, 0) is 11.2 Å². The minimum Gasteiger partial charge on any atom is -0.490 e. The van der Waals surface area contributed by atoms with E-state index in [1.807, 2.05) is 6.07 Å². The Kier molecular flexibility index (Phi) is 6.63. The molecule has 0 atom stereocenters. The van der Waals surface area contributed by atoms with Crippen molar-refractivity contribution in [3.8, 4) is 11.5 Å². The Morgan fingerprint density at radius 1 is 1.20 bits per heavy atom. The standard InChI is InChI=1S/C15H22BrNO3/c1-2-17-5-9-18-8-4-12-10-14-15(11-13(12)16)20-7-3-6-19-14/h10-11,17H,2-9H2,1H3. The van der Waals surface area contributed by atoms with Crippen molar-refractivity contribution in [3.63, 3.8) is 0 Å². The van der Waals surface area contributed by atoms with Gasteiger partial charge in [0.25, 0.3) is 0 Å². The lowest BCUT2D eigenvalue weighted by atomic mass is 10.1. The zero-order valence-corrected chi connectivity index (χ0v) is 13.5. The van der Waals surface area contributed by atoms with E-state index in [0.717, 1.165) is 48.5 Å². The molecule has 0 fully saturated rings. The Bertz CT molecular complexity index is 426. The molecule has 0 bridgehead atoms. The summed E-state index contributed by atoms with van der Waals surface area (Å²) in [6.45, 7) is 6.87. The van der Waals surface area contributed by atoms with Gasteiger partial charge in [-0.15, -0.1) is 0 Å². The van der Waals surface area contributed by atoms with E-state index in [2.05, 4.69) is 34.2 Å². The van der Waals surface area contributed by atoms with Gasteiger partial charge in [0.1, 0.15) is 0 Å². The highest BCUT2D eigenvalue weighted by Crippen LogP contribution is 2.35. The maximum absolute atomic E-state index is 5.71. The lowest BCUT2D eigenvalue weighted by Crippen LogP contribution is -2.19. The summed E-state index contributed by atoms with van der Waals surface area (Å²) >= 11 is 3.59. The molecule has 0 unspecified atom stereocenters. The molecule has 1 aromatic rings. The number of nitrogens with one attached hydrogen (secondary N) is 1. The van der Waals surface area contributed by atoms with E-state index in [9.17, 15) is 0 Å². The maximum Gasteiger partial charge on any atom is 0.162 e. The molecule has 2 rings (SSSR count). The number of hydrogen-bond donors (Lipinski definition) is 1. The van der Waals surface area contributed by atoms with Crippen molar-refractivity contribution in [1.82, 2.24) is 5.32 Å². The van der Waals surface area contributed by atoms with Crippen LogP contribution in [-0.4, -0.2) is 39.5 Å². The van der Waals surface area contributed by atoms with Gasteiger partial charge in [-0.3, -0.25) is 0 Å². The zero-order valence-electron chi connectivity index (χ0n) is 11.9. The van der Waals surface area contributed by atoms with Crippen LogP contribution in [0.15, 0.2) is 16.6 Å². The predicted molar refractivity (Wildman–Crippen MR) is 82.8 cm³/mol. The first-order chi connectivity index (χ1) is 9.81. The second-order valence-electron chi connectivity index (χ2n) is 4.66. The first-order valence-corrected chi connectivity index (χ1v) is 7.97. The van der Waals surface area contributed by atoms with Gasteiger partial charge in [0.2, 0.25) is 0 Å². The van der Waals surface area contributed by atoms with Crippen molar-refractivity contribution in [2.75, 3.05) is 39.5 Å². The molecule has 5 heteroatoms. The molecule has 1 aliphatic heterocycles. The van der Waals surface area contributed by atoms with Gasteiger partial charge in [0.05, 0.1) is 26.4 Å². The van der Waals surface area contributed by atoms with E-state index in [1.54, 1.807) is 0 Å². The van der Waals surface area contributed by atoms with E-state index in [4.69, 9.17) is 14.2 Å². The van der Waals surface area contributed by atoms with Crippen LogP contribution >= 0.6 is 15.9 Å². The van der Waals surface area contributed by atoms with E-state index < -0.39 is 0 Å². The highest BCUT2D eigenvalue weighted by molar-refractivity contribution is 9.10. The number of benzene rings is 1. The van der Waals surface area contributed by atoms with Crippen LogP contribution in [0.4, 0.5) is 0 Å². The van der Waals surface area contributed by atoms with Crippen LogP contribution in [0.2, 0.25) is 0 Å². The van der Waals surface area contributed by atoms with Gasteiger partial charge >= 0.3 is 0 Å². The third-order valence-corrected chi connectivity index (χ3v) is 3.84. The highest BCUT2D eigenvalue weighted by atomic mass is 79.9. The summed E-state index contributed by atoms with van der Waals surface area (Å²) in [5, 5.41) is 3.24. The summed E-state index contributed by atoms with van der Waals surface area (Å²) in [4.78, 5) is 0. The zero-order chi connectivity index (χ0) is 14.2. The van der Waals surface area contributed by atoms with Crippen LogP contribution in [0, 0.1) is 0 Å². The Balaban J connectivity index is 1.86. The Labute approximate surface area is 128 Å².